The average molecular weight is 180 g/mol. The molecule has 70 valence electrons. The summed E-state index contributed by atoms with van der Waals surface area (Å²) in [6, 6.07) is 0.198. The molecule has 0 aromatic carbocycles. The lowest BCUT2D eigenvalue weighted by molar-refractivity contribution is -0.132. The molecule has 4 nitrogen and oxygen atoms in total. The zero-order valence-electron chi connectivity index (χ0n) is 7.51. The van der Waals surface area contributed by atoms with Crippen molar-refractivity contribution in [2.45, 2.75) is 18.9 Å². The molecule has 0 N–H and O–H groups in total. The van der Waals surface area contributed by atoms with Crippen LogP contribution in [0.2, 0.25) is 0 Å². The van der Waals surface area contributed by atoms with E-state index in [0.29, 0.717) is 6.42 Å². The van der Waals surface area contributed by atoms with E-state index in [-0.39, 0.29) is 23.7 Å². The molecule has 0 radical (unpaired) electrons. The van der Waals surface area contributed by atoms with Crippen molar-refractivity contribution in [1.82, 2.24) is 5.01 Å². The maximum atomic E-state index is 11.6. The minimum Gasteiger partial charge on any atom is -0.303 e. The van der Waals surface area contributed by atoms with Gasteiger partial charge in [-0.25, -0.2) is 0 Å². The number of aldehydes is 1. The lowest BCUT2D eigenvalue weighted by Crippen LogP contribution is -2.42. The van der Waals surface area contributed by atoms with Gasteiger partial charge in [-0.15, -0.1) is 0 Å². The third-order valence-electron chi connectivity index (χ3n) is 2.94. The monoisotopic (exact) mass is 180 g/mol. The highest BCUT2D eigenvalue weighted by Crippen LogP contribution is 2.30. The lowest BCUT2D eigenvalue weighted by Gasteiger charge is -2.30. The first-order valence-corrected chi connectivity index (χ1v) is 4.50. The summed E-state index contributed by atoms with van der Waals surface area (Å²) >= 11 is 0. The molecule has 0 saturated heterocycles. The van der Waals surface area contributed by atoms with Crippen LogP contribution in [0.25, 0.3) is 0 Å². The molecule has 4 heteroatoms. The SMILES string of the molecule is CN1N=CC2C(=O)C(C=O)CCC21. The Morgan fingerprint density at radius 3 is 3.08 bits per heavy atom. The Kier molecular flexibility index (Phi) is 1.90. The summed E-state index contributed by atoms with van der Waals surface area (Å²) in [7, 11) is 1.87. The number of ketones is 1. The molecular weight excluding hydrogens is 168 g/mol. The summed E-state index contributed by atoms with van der Waals surface area (Å²) in [6.45, 7) is 0. The first-order valence-electron chi connectivity index (χ1n) is 4.50. The van der Waals surface area contributed by atoms with E-state index in [1.165, 1.54) is 0 Å². The van der Waals surface area contributed by atoms with Gasteiger partial charge in [0.15, 0.2) is 5.78 Å². The van der Waals surface area contributed by atoms with Gasteiger partial charge in [-0.05, 0) is 12.8 Å². The Morgan fingerprint density at radius 2 is 2.38 bits per heavy atom. The van der Waals surface area contributed by atoms with Crippen LogP contribution in [0.5, 0.6) is 0 Å². The Balaban J connectivity index is 2.18. The number of carbonyl (C=O) groups excluding carboxylic acids is 2. The molecule has 2 aliphatic rings. The normalized spacial score (nSPS) is 37.8. The predicted octanol–water partition coefficient (Wildman–Crippen LogP) is 0.0804. The molecule has 1 fully saturated rings. The van der Waals surface area contributed by atoms with Gasteiger partial charge < -0.3 is 4.79 Å². The van der Waals surface area contributed by atoms with Crippen LogP contribution in [0.15, 0.2) is 5.10 Å². The lowest BCUT2D eigenvalue weighted by atomic mass is 9.78. The van der Waals surface area contributed by atoms with Crippen molar-refractivity contribution in [1.29, 1.82) is 0 Å². The molecular formula is C9H12N2O2. The van der Waals surface area contributed by atoms with Gasteiger partial charge in [0.05, 0.1) is 17.9 Å². The quantitative estimate of drug-likeness (QED) is 0.424. The van der Waals surface area contributed by atoms with Crippen LogP contribution in [0.4, 0.5) is 0 Å². The maximum absolute atomic E-state index is 11.6. The summed E-state index contributed by atoms with van der Waals surface area (Å²) in [6.07, 6.45) is 4.00. The smallest absolute Gasteiger partial charge is 0.153 e. The van der Waals surface area contributed by atoms with Crippen LogP contribution in [-0.4, -0.2) is 36.4 Å². The molecule has 0 bridgehead atoms. The number of hydrazone groups is 1. The van der Waals surface area contributed by atoms with Crippen molar-refractivity contribution in [3.63, 3.8) is 0 Å². The van der Waals surface area contributed by atoms with Crippen LogP contribution in [0, 0.1) is 11.8 Å². The van der Waals surface area contributed by atoms with Gasteiger partial charge in [0.2, 0.25) is 0 Å². The third-order valence-corrected chi connectivity index (χ3v) is 2.94. The zero-order valence-corrected chi connectivity index (χ0v) is 7.51. The van der Waals surface area contributed by atoms with Crippen LogP contribution in [0.1, 0.15) is 12.8 Å². The number of rotatable bonds is 1. The van der Waals surface area contributed by atoms with Crippen molar-refractivity contribution >= 4 is 18.3 Å². The summed E-state index contributed by atoms with van der Waals surface area (Å²) in [5, 5.41) is 5.89. The van der Waals surface area contributed by atoms with Gasteiger partial charge in [-0.1, -0.05) is 0 Å². The molecule has 0 amide bonds. The Bertz CT molecular complexity index is 275. The van der Waals surface area contributed by atoms with Crippen molar-refractivity contribution in [2.24, 2.45) is 16.9 Å². The van der Waals surface area contributed by atoms with Gasteiger partial charge in [0, 0.05) is 13.3 Å². The highest BCUT2D eigenvalue weighted by atomic mass is 16.1. The fourth-order valence-electron chi connectivity index (χ4n) is 2.10. The second-order valence-corrected chi connectivity index (χ2v) is 3.65. The number of Topliss-reactive ketones (excluding diaryl/α,β-unsaturated/α-hetero) is 1. The van der Waals surface area contributed by atoms with E-state index in [2.05, 4.69) is 5.10 Å². The minimum absolute atomic E-state index is 0.0411. The van der Waals surface area contributed by atoms with E-state index in [1.807, 2.05) is 12.1 Å². The van der Waals surface area contributed by atoms with Gasteiger partial charge in [-0.2, -0.15) is 5.10 Å². The molecule has 1 aliphatic heterocycles. The van der Waals surface area contributed by atoms with Gasteiger partial charge in [-0.3, -0.25) is 9.80 Å². The Hall–Kier alpha value is -1.19. The highest BCUT2D eigenvalue weighted by molar-refractivity contribution is 6.04. The largest absolute Gasteiger partial charge is 0.303 e. The Morgan fingerprint density at radius 1 is 1.62 bits per heavy atom. The molecule has 13 heavy (non-hydrogen) atoms. The number of carbonyl (C=O) groups is 2. The standard InChI is InChI=1S/C9H12N2O2/c1-11-8-3-2-6(5-12)9(13)7(8)4-10-11/h4-8H,2-3H2,1H3. The summed E-state index contributed by atoms with van der Waals surface area (Å²) < 4.78 is 0. The summed E-state index contributed by atoms with van der Waals surface area (Å²) in [5.41, 5.74) is 0. The molecule has 1 aliphatic carbocycles. The van der Waals surface area contributed by atoms with E-state index < -0.39 is 0 Å². The molecule has 3 atom stereocenters. The molecule has 2 rings (SSSR count). The number of hydrogen-bond donors (Lipinski definition) is 0. The van der Waals surface area contributed by atoms with Crippen LogP contribution < -0.4 is 0 Å². The highest BCUT2D eigenvalue weighted by Gasteiger charge is 2.41. The van der Waals surface area contributed by atoms with Gasteiger partial charge >= 0.3 is 0 Å². The fourth-order valence-corrected chi connectivity index (χ4v) is 2.10. The topological polar surface area (TPSA) is 49.7 Å². The molecule has 1 saturated carbocycles. The number of fused-ring (bicyclic) bond motifs is 1. The van der Waals surface area contributed by atoms with E-state index in [4.69, 9.17) is 0 Å². The summed E-state index contributed by atoms with van der Waals surface area (Å²) in [5.74, 6) is -0.493. The predicted molar refractivity (Wildman–Crippen MR) is 47.3 cm³/mol. The molecule has 0 aromatic heterocycles. The van der Waals surface area contributed by atoms with E-state index in [0.717, 1.165) is 12.7 Å². The van der Waals surface area contributed by atoms with E-state index >= 15 is 0 Å². The Labute approximate surface area is 76.6 Å². The van der Waals surface area contributed by atoms with Crippen molar-refractivity contribution in [2.75, 3.05) is 7.05 Å². The van der Waals surface area contributed by atoms with Gasteiger partial charge in [0.25, 0.3) is 0 Å². The van der Waals surface area contributed by atoms with E-state index in [9.17, 15) is 9.59 Å². The summed E-state index contributed by atoms with van der Waals surface area (Å²) in [4.78, 5) is 22.2. The molecule has 1 heterocycles. The first kappa shape index (κ1) is 8.41. The number of nitrogens with zero attached hydrogens (tertiary/aromatic N) is 2. The van der Waals surface area contributed by atoms with Crippen molar-refractivity contribution in [3.8, 4) is 0 Å². The second kappa shape index (κ2) is 2.94. The van der Waals surface area contributed by atoms with Crippen LogP contribution >= 0.6 is 0 Å². The molecule has 0 spiro atoms. The minimum atomic E-state index is -0.390. The number of hydrogen-bond acceptors (Lipinski definition) is 4. The molecule has 3 unspecified atom stereocenters. The third kappa shape index (κ3) is 1.17. The van der Waals surface area contributed by atoms with E-state index in [1.54, 1.807) is 6.21 Å². The van der Waals surface area contributed by atoms with Gasteiger partial charge in [0.1, 0.15) is 6.29 Å². The van der Waals surface area contributed by atoms with Crippen LogP contribution in [-0.2, 0) is 9.59 Å². The van der Waals surface area contributed by atoms with Crippen molar-refractivity contribution in [3.05, 3.63) is 0 Å². The maximum Gasteiger partial charge on any atom is 0.153 e. The average Bonchev–Trinajstić information content (AvgIpc) is 2.50. The van der Waals surface area contributed by atoms with Crippen LogP contribution in [0.3, 0.4) is 0 Å². The second-order valence-electron chi connectivity index (χ2n) is 3.65. The fraction of sp³-hybridized carbons (Fsp3) is 0.667. The molecule has 0 aromatic rings. The first-order chi connectivity index (χ1) is 6.24. The zero-order chi connectivity index (χ0) is 9.42. The van der Waals surface area contributed by atoms with Crippen molar-refractivity contribution < 1.29 is 9.59 Å².